The van der Waals surface area contributed by atoms with E-state index in [4.69, 9.17) is 4.98 Å². The van der Waals surface area contributed by atoms with Crippen molar-refractivity contribution < 1.29 is 9.59 Å². The van der Waals surface area contributed by atoms with Crippen LogP contribution in [0, 0.1) is 5.92 Å². The van der Waals surface area contributed by atoms with Gasteiger partial charge in [0.1, 0.15) is 0 Å². The summed E-state index contributed by atoms with van der Waals surface area (Å²) in [4.78, 5) is 32.8. The van der Waals surface area contributed by atoms with E-state index in [1.54, 1.807) is 18.4 Å². The summed E-state index contributed by atoms with van der Waals surface area (Å²) in [5.74, 6) is 0.808. The van der Waals surface area contributed by atoms with Crippen LogP contribution in [0.1, 0.15) is 53.3 Å². The van der Waals surface area contributed by atoms with Crippen LogP contribution >= 0.6 is 11.3 Å². The van der Waals surface area contributed by atoms with Crippen LogP contribution in [0.25, 0.3) is 26.4 Å². The summed E-state index contributed by atoms with van der Waals surface area (Å²) < 4.78 is 3.16. The van der Waals surface area contributed by atoms with Crippen molar-refractivity contribution in [1.82, 2.24) is 19.6 Å². The first-order valence-electron chi connectivity index (χ1n) is 12.1. The zero-order valence-corrected chi connectivity index (χ0v) is 20.5. The molecule has 1 fully saturated rings. The van der Waals surface area contributed by atoms with Crippen LogP contribution in [0.3, 0.4) is 0 Å². The van der Waals surface area contributed by atoms with Crippen LogP contribution in [0.15, 0.2) is 48.7 Å². The molecule has 0 bridgehead atoms. The Kier molecular flexibility index (Phi) is 6.48. The summed E-state index contributed by atoms with van der Waals surface area (Å²) in [5.41, 5.74) is 4.32. The molecule has 6 nitrogen and oxygen atoms in total. The molecule has 0 saturated carbocycles. The van der Waals surface area contributed by atoms with Gasteiger partial charge in [-0.05, 0) is 75.1 Å². The quantitative estimate of drug-likeness (QED) is 0.371. The first-order valence-corrected chi connectivity index (χ1v) is 12.9. The van der Waals surface area contributed by atoms with E-state index in [0.717, 1.165) is 58.1 Å². The summed E-state index contributed by atoms with van der Waals surface area (Å²) in [6.45, 7) is 5.67. The second-order valence-electron chi connectivity index (χ2n) is 9.06. The molecule has 0 atom stereocenters. The molecule has 1 saturated heterocycles. The van der Waals surface area contributed by atoms with Crippen molar-refractivity contribution in [2.75, 3.05) is 26.7 Å². The number of likely N-dealkylation sites (tertiary alicyclic amines) is 1. The number of benzene rings is 2. The molecule has 0 unspecified atom stereocenters. The van der Waals surface area contributed by atoms with Gasteiger partial charge in [0.2, 0.25) is 0 Å². The Morgan fingerprint density at radius 3 is 2.53 bits per heavy atom. The van der Waals surface area contributed by atoms with Gasteiger partial charge in [-0.15, -0.1) is 0 Å². The van der Waals surface area contributed by atoms with E-state index in [1.165, 1.54) is 12.8 Å². The van der Waals surface area contributed by atoms with E-state index in [9.17, 15) is 9.59 Å². The lowest BCUT2D eigenvalue weighted by atomic mass is 9.90. The fourth-order valence-electron chi connectivity index (χ4n) is 4.82. The number of fused-ring (bicyclic) bond motifs is 3. The summed E-state index contributed by atoms with van der Waals surface area (Å²) in [6, 6.07) is 13.5. The lowest BCUT2D eigenvalue weighted by Crippen LogP contribution is -2.33. The van der Waals surface area contributed by atoms with E-state index < -0.39 is 0 Å². The SMILES string of the molecule is CCN1CCC(CCC(=O)c2ccc3c(c2)sc2nc(-c4ccc(C(=O)NC)cc4)cn23)CC1. The molecule has 3 heterocycles. The summed E-state index contributed by atoms with van der Waals surface area (Å²) in [6.07, 6.45) is 6.05. The Balaban J connectivity index is 1.29. The molecular weight excluding hydrogens is 444 g/mol. The molecule has 2 aromatic carbocycles. The number of hydrogen-bond acceptors (Lipinski definition) is 5. The lowest BCUT2D eigenvalue weighted by Gasteiger charge is -2.30. The second kappa shape index (κ2) is 9.68. The maximum absolute atomic E-state index is 12.9. The molecule has 1 N–H and O–H groups in total. The molecule has 0 aliphatic carbocycles. The summed E-state index contributed by atoms with van der Waals surface area (Å²) in [7, 11) is 1.63. The van der Waals surface area contributed by atoms with Crippen LogP contribution in [0.4, 0.5) is 0 Å². The fourth-order valence-corrected chi connectivity index (χ4v) is 5.87. The van der Waals surface area contributed by atoms with Crippen molar-refractivity contribution >= 4 is 38.2 Å². The molecule has 4 aromatic rings. The molecular formula is C27H30N4O2S. The third kappa shape index (κ3) is 4.50. The van der Waals surface area contributed by atoms with Gasteiger partial charge in [0.25, 0.3) is 5.91 Å². The topological polar surface area (TPSA) is 66.7 Å². The van der Waals surface area contributed by atoms with E-state index in [2.05, 4.69) is 21.5 Å². The summed E-state index contributed by atoms with van der Waals surface area (Å²) in [5, 5.41) is 2.64. The van der Waals surface area contributed by atoms with Gasteiger partial charge in [0.15, 0.2) is 10.7 Å². The highest BCUT2D eigenvalue weighted by Gasteiger charge is 2.20. The number of thiazole rings is 1. The second-order valence-corrected chi connectivity index (χ2v) is 10.1. The van der Waals surface area contributed by atoms with Crippen molar-refractivity contribution in [2.24, 2.45) is 5.92 Å². The van der Waals surface area contributed by atoms with Gasteiger partial charge in [-0.3, -0.25) is 14.0 Å². The number of nitrogens with one attached hydrogen (secondary N) is 1. The third-order valence-electron chi connectivity index (χ3n) is 7.02. The van der Waals surface area contributed by atoms with E-state index in [-0.39, 0.29) is 11.7 Å². The summed E-state index contributed by atoms with van der Waals surface area (Å²) >= 11 is 1.60. The van der Waals surface area contributed by atoms with Crippen LogP contribution in [0.5, 0.6) is 0 Å². The van der Waals surface area contributed by atoms with E-state index >= 15 is 0 Å². The minimum atomic E-state index is -0.101. The number of ketones is 1. The average Bonchev–Trinajstić information content (AvgIpc) is 3.45. The van der Waals surface area contributed by atoms with Crippen molar-refractivity contribution in [1.29, 1.82) is 0 Å². The standard InChI is InChI=1S/C27H30N4O2S/c1-3-30-14-12-18(13-15-30)4-11-24(32)21-9-10-23-25(16-21)34-27-29-22(17-31(23)27)19-5-7-20(8-6-19)26(33)28-2/h5-10,16-18H,3-4,11-15H2,1-2H3,(H,28,33). The number of Topliss-reactive ketones (excluding diaryl/α,β-unsaturated/α-hetero) is 1. The number of piperidine rings is 1. The zero-order chi connectivity index (χ0) is 23.7. The van der Waals surface area contributed by atoms with Crippen molar-refractivity contribution in [3.05, 3.63) is 59.8 Å². The van der Waals surface area contributed by atoms with Gasteiger partial charge in [0, 0.05) is 36.4 Å². The monoisotopic (exact) mass is 474 g/mol. The van der Waals surface area contributed by atoms with Gasteiger partial charge >= 0.3 is 0 Å². The smallest absolute Gasteiger partial charge is 0.251 e. The molecule has 5 rings (SSSR count). The highest BCUT2D eigenvalue weighted by atomic mass is 32.1. The molecule has 34 heavy (non-hydrogen) atoms. The van der Waals surface area contributed by atoms with Gasteiger partial charge in [-0.1, -0.05) is 30.4 Å². The van der Waals surface area contributed by atoms with Crippen LogP contribution < -0.4 is 5.32 Å². The van der Waals surface area contributed by atoms with Gasteiger partial charge in [-0.25, -0.2) is 4.98 Å². The Morgan fingerprint density at radius 1 is 1.09 bits per heavy atom. The predicted octanol–water partition coefficient (Wildman–Crippen LogP) is 5.27. The van der Waals surface area contributed by atoms with Crippen LogP contribution in [-0.4, -0.2) is 52.7 Å². The molecule has 1 amide bonds. The number of hydrogen-bond donors (Lipinski definition) is 1. The first kappa shape index (κ1) is 22.7. The maximum atomic E-state index is 12.9. The van der Waals surface area contributed by atoms with E-state index in [1.807, 2.05) is 48.7 Å². The minimum Gasteiger partial charge on any atom is -0.355 e. The Labute approximate surface area is 203 Å². The van der Waals surface area contributed by atoms with Crippen molar-refractivity contribution in [2.45, 2.75) is 32.6 Å². The number of nitrogens with zero attached hydrogens (tertiary/aromatic N) is 3. The van der Waals surface area contributed by atoms with E-state index in [0.29, 0.717) is 17.9 Å². The van der Waals surface area contributed by atoms with Crippen LogP contribution in [0.2, 0.25) is 0 Å². The minimum absolute atomic E-state index is 0.101. The number of carbonyl (C=O) groups excluding carboxylic acids is 2. The maximum Gasteiger partial charge on any atom is 0.251 e. The highest BCUT2D eigenvalue weighted by molar-refractivity contribution is 7.23. The van der Waals surface area contributed by atoms with Crippen molar-refractivity contribution in [3.63, 3.8) is 0 Å². The largest absolute Gasteiger partial charge is 0.355 e. The highest BCUT2D eigenvalue weighted by Crippen LogP contribution is 2.31. The van der Waals surface area contributed by atoms with Gasteiger partial charge < -0.3 is 10.2 Å². The lowest BCUT2D eigenvalue weighted by molar-refractivity contribution is 0.0955. The Bertz CT molecular complexity index is 1330. The number of aromatic nitrogens is 2. The molecule has 2 aromatic heterocycles. The molecule has 1 aliphatic heterocycles. The predicted molar refractivity (Wildman–Crippen MR) is 138 cm³/mol. The van der Waals surface area contributed by atoms with Crippen molar-refractivity contribution in [3.8, 4) is 11.3 Å². The van der Waals surface area contributed by atoms with Gasteiger partial charge in [-0.2, -0.15) is 0 Å². The number of carbonyl (C=O) groups is 2. The average molecular weight is 475 g/mol. The molecule has 1 aliphatic rings. The molecule has 0 radical (unpaired) electrons. The van der Waals surface area contributed by atoms with Crippen LogP contribution in [-0.2, 0) is 0 Å². The third-order valence-corrected chi connectivity index (χ3v) is 8.04. The Morgan fingerprint density at radius 2 is 1.82 bits per heavy atom. The zero-order valence-electron chi connectivity index (χ0n) is 19.7. The normalized spacial score (nSPS) is 15.2. The number of rotatable bonds is 7. The molecule has 7 heteroatoms. The number of imidazole rings is 1. The van der Waals surface area contributed by atoms with Gasteiger partial charge in [0.05, 0.1) is 15.9 Å². The Hall–Kier alpha value is -3.03. The fraction of sp³-hybridized carbons (Fsp3) is 0.370. The first-order chi connectivity index (χ1) is 16.6. The number of amides is 1. The molecule has 0 spiro atoms. The molecule has 176 valence electrons.